The van der Waals surface area contributed by atoms with Crippen LogP contribution in [0.3, 0.4) is 0 Å². The van der Waals surface area contributed by atoms with Crippen molar-refractivity contribution in [2.75, 3.05) is 0 Å². The third-order valence-electron chi connectivity index (χ3n) is 3.71. The Bertz CT molecular complexity index is 411. The lowest BCUT2D eigenvalue weighted by Gasteiger charge is -2.38. The molecular formula is C15H23NO. The Morgan fingerprint density at radius 1 is 1.47 bits per heavy atom. The fraction of sp³-hybridized carbons (Fsp3) is 0.600. The molecule has 2 atom stereocenters. The number of para-hydroxylation sites is 1. The number of fused-ring (bicyclic) bond motifs is 1. The minimum absolute atomic E-state index is 0.0951. The van der Waals surface area contributed by atoms with E-state index in [-0.39, 0.29) is 11.6 Å². The number of nitrogens with two attached hydrogens (primary N) is 1. The topological polar surface area (TPSA) is 35.2 Å². The van der Waals surface area contributed by atoms with Gasteiger partial charge in [-0.3, -0.25) is 0 Å². The Morgan fingerprint density at radius 2 is 2.18 bits per heavy atom. The molecule has 1 aliphatic rings. The van der Waals surface area contributed by atoms with Crippen LogP contribution in [-0.2, 0) is 0 Å². The normalized spacial score (nSPS) is 23.7. The predicted octanol–water partition coefficient (Wildman–Crippen LogP) is 3.76. The minimum Gasteiger partial charge on any atom is -0.487 e. The Hall–Kier alpha value is -1.02. The molecular weight excluding hydrogens is 210 g/mol. The van der Waals surface area contributed by atoms with Crippen LogP contribution in [0.1, 0.15) is 63.6 Å². The van der Waals surface area contributed by atoms with Crippen molar-refractivity contribution < 1.29 is 4.74 Å². The smallest absolute Gasteiger partial charge is 0.128 e. The molecule has 0 saturated heterocycles. The van der Waals surface area contributed by atoms with Gasteiger partial charge in [-0.2, -0.15) is 0 Å². The summed E-state index contributed by atoms with van der Waals surface area (Å²) in [5.74, 6) is 1.55. The molecule has 2 nitrogen and oxygen atoms in total. The average Bonchev–Trinajstić information content (AvgIpc) is 2.26. The Kier molecular flexibility index (Phi) is 3.17. The first-order valence-corrected chi connectivity index (χ1v) is 6.52. The average molecular weight is 233 g/mol. The van der Waals surface area contributed by atoms with Crippen molar-refractivity contribution in [3.8, 4) is 5.75 Å². The highest BCUT2D eigenvalue weighted by molar-refractivity contribution is 5.46. The second kappa shape index (κ2) is 4.34. The second-order valence-electron chi connectivity index (χ2n) is 5.75. The number of ether oxygens (including phenoxy) is 1. The van der Waals surface area contributed by atoms with Crippen molar-refractivity contribution in [3.05, 3.63) is 29.3 Å². The molecule has 2 unspecified atom stereocenters. The molecule has 1 aliphatic heterocycles. The summed E-state index contributed by atoms with van der Waals surface area (Å²) < 4.78 is 6.16. The number of hydrogen-bond acceptors (Lipinski definition) is 2. The maximum Gasteiger partial charge on any atom is 0.128 e. The quantitative estimate of drug-likeness (QED) is 0.844. The van der Waals surface area contributed by atoms with Crippen LogP contribution >= 0.6 is 0 Å². The molecule has 1 heterocycles. The summed E-state index contributed by atoms with van der Waals surface area (Å²) in [4.78, 5) is 0. The SMILES string of the molecule is CCC(C)c1cccc2c1OC(C)(C)CC2N. The first-order valence-electron chi connectivity index (χ1n) is 6.52. The third kappa shape index (κ3) is 2.32. The molecule has 0 saturated carbocycles. The van der Waals surface area contributed by atoms with Gasteiger partial charge in [0.05, 0.1) is 0 Å². The van der Waals surface area contributed by atoms with Crippen molar-refractivity contribution >= 4 is 0 Å². The van der Waals surface area contributed by atoms with Gasteiger partial charge in [0.2, 0.25) is 0 Å². The highest BCUT2D eigenvalue weighted by atomic mass is 16.5. The van der Waals surface area contributed by atoms with Crippen molar-refractivity contribution in [3.63, 3.8) is 0 Å². The van der Waals surface area contributed by atoms with Crippen molar-refractivity contribution in [1.82, 2.24) is 0 Å². The van der Waals surface area contributed by atoms with E-state index in [1.807, 2.05) is 0 Å². The van der Waals surface area contributed by atoms with E-state index in [4.69, 9.17) is 10.5 Å². The summed E-state index contributed by atoms with van der Waals surface area (Å²) in [6.07, 6.45) is 2.00. The van der Waals surface area contributed by atoms with Gasteiger partial charge in [-0.15, -0.1) is 0 Å². The van der Waals surface area contributed by atoms with E-state index in [1.54, 1.807) is 0 Å². The first-order chi connectivity index (χ1) is 7.94. The molecule has 2 heteroatoms. The molecule has 0 aromatic heterocycles. The van der Waals surface area contributed by atoms with Crippen LogP contribution in [-0.4, -0.2) is 5.60 Å². The van der Waals surface area contributed by atoms with E-state index in [2.05, 4.69) is 45.9 Å². The van der Waals surface area contributed by atoms with Crippen LogP contribution in [0.15, 0.2) is 18.2 Å². The van der Waals surface area contributed by atoms with E-state index >= 15 is 0 Å². The molecule has 17 heavy (non-hydrogen) atoms. The molecule has 0 spiro atoms. The molecule has 1 aromatic rings. The third-order valence-corrected chi connectivity index (χ3v) is 3.71. The lowest BCUT2D eigenvalue weighted by molar-refractivity contribution is 0.0711. The van der Waals surface area contributed by atoms with Gasteiger partial charge in [0.25, 0.3) is 0 Å². The fourth-order valence-corrected chi connectivity index (χ4v) is 2.55. The van der Waals surface area contributed by atoms with Gasteiger partial charge in [0.1, 0.15) is 11.4 Å². The lowest BCUT2D eigenvalue weighted by atomic mass is 9.86. The maximum absolute atomic E-state index is 6.25. The summed E-state index contributed by atoms with van der Waals surface area (Å²) >= 11 is 0. The van der Waals surface area contributed by atoms with Gasteiger partial charge >= 0.3 is 0 Å². The number of rotatable bonds is 2. The van der Waals surface area contributed by atoms with Gasteiger partial charge in [0, 0.05) is 18.0 Å². The second-order valence-corrected chi connectivity index (χ2v) is 5.75. The van der Waals surface area contributed by atoms with Gasteiger partial charge in [-0.05, 0) is 31.7 Å². The summed E-state index contributed by atoms with van der Waals surface area (Å²) in [6, 6.07) is 6.46. The monoisotopic (exact) mass is 233 g/mol. The van der Waals surface area contributed by atoms with Crippen LogP contribution in [0, 0.1) is 0 Å². The van der Waals surface area contributed by atoms with E-state index in [0.717, 1.165) is 18.6 Å². The van der Waals surface area contributed by atoms with Crippen LogP contribution in [0.2, 0.25) is 0 Å². The zero-order chi connectivity index (χ0) is 12.6. The van der Waals surface area contributed by atoms with E-state index in [9.17, 15) is 0 Å². The lowest BCUT2D eigenvalue weighted by Crippen LogP contribution is -2.38. The molecule has 0 radical (unpaired) electrons. The Labute approximate surface area is 104 Å². The van der Waals surface area contributed by atoms with Gasteiger partial charge in [-0.1, -0.05) is 32.0 Å². The molecule has 1 aromatic carbocycles. The Morgan fingerprint density at radius 3 is 2.82 bits per heavy atom. The van der Waals surface area contributed by atoms with Crippen LogP contribution < -0.4 is 10.5 Å². The van der Waals surface area contributed by atoms with Crippen LogP contribution in [0.5, 0.6) is 5.75 Å². The summed E-state index contributed by atoms with van der Waals surface area (Å²) in [5, 5.41) is 0. The van der Waals surface area contributed by atoms with Gasteiger partial charge in [-0.25, -0.2) is 0 Å². The maximum atomic E-state index is 6.25. The molecule has 2 rings (SSSR count). The van der Waals surface area contributed by atoms with Gasteiger partial charge in [0.15, 0.2) is 0 Å². The van der Waals surface area contributed by atoms with Crippen LogP contribution in [0.4, 0.5) is 0 Å². The summed E-state index contributed by atoms with van der Waals surface area (Å²) in [7, 11) is 0. The van der Waals surface area contributed by atoms with E-state index < -0.39 is 0 Å². The number of benzene rings is 1. The summed E-state index contributed by atoms with van der Waals surface area (Å²) in [5.41, 5.74) is 8.56. The highest BCUT2D eigenvalue weighted by Gasteiger charge is 2.33. The summed E-state index contributed by atoms with van der Waals surface area (Å²) in [6.45, 7) is 8.68. The predicted molar refractivity (Wildman–Crippen MR) is 71.4 cm³/mol. The standard InChI is InChI=1S/C15H23NO/c1-5-10(2)11-7-6-8-12-13(16)9-15(3,4)17-14(11)12/h6-8,10,13H,5,9,16H2,1-4H3. The fourth-order valence-electron chi connectivity index (χ4n) is 2.55. The van der Waals surface area contributed by atoms with E-state index in [1.165, 1.54) is 11.1 Å². The van der Waals surface area contributed by atoms with Crippen molar-refractivity contribution in [2.45, 2.75) is 58.1 Å². The van der Waals surface area contributed by atoms with Crippen molar-refractivity contribution in [1.29, 1.82) is 0 Å². The molecule has 0 amide bonds. The first kappa shape index (κ1) is 12.4. The highest BCUT2D eigenvalue weighted by Crippen LogP contribution is 2.43. The molecule has 0 bridgehead atoms. The molecule has 2 N–H and O–H groups in total. The van der Waals surface area contributed by atoms with Crippen molar-refractivity contribution in [2.24, 2.45) is 5.73 Å². The molecule has 94 valence electrons. The Balaban J connectivity index is 2.49. The zero-order valence-corrected chi connectivity index (χ0v) is 11.3. The zero-order valence-electron chi connectivity index (χ0n) is 11.3. The molecule has 0 aliphatic carbocycles. The van der Waals surface area contributed by atoms with E-state index in [0.29, 0.717) is 5.92 Å². The molecule has 0 fully saturated rings. The number of hydrogen-bond donors (Lipinski definition) is 1. The minimum atomic E-state index is -0.157. The van der Waals surface area contributed by atoms with Gasteiger partial charge < -0.3 is 10.5 Å². The largest absolute Gasteiger partial charge is 0.487 e. The van der Waals surface area contributed by atoms with Crippen LogP contribution in [0.25, 0.3) is 0 Å².